The third-order valence-electron chi connectivity index (χ3n) is 5.57. The van der Waals surface area contributed by atoms with Crippen molar-refractivity contribution in [1.29, 1.82) is 5.26 Å². The van der Waals surface area contributed by atoms with E-state index in [1.54, 1.807) is 0 Å². The number of hydrogen-bond acceptors (Lipinski definition) is 5. The number of hydrogen-bond donors (Lipinski definition) is 0. The summed E-state index contributed by atoms with van der Waals surface area (Å²) in [6, 6.07) is 16.2. The van der Waals surface area contributed by atoms with Gasteiger partial charge < -0.3 is 14.7 Å². The molecule has 2 aromatic carbocycles. The largest absolute Gasteiger partial charge is 0.351 e. The second kappa shape index (κ2) is 8.37. The van der Waals surface area contributed by atoms with E-state index < -0.39 is 0 Å². The van der Waals surface area contributed by atoms with Gasteiger partial charge in [-0.15, -0.1) is 4.99 Å². The number of anilines is 2. The lowest BCUT2D eigenvalue weighted by molar-refractivity contribution is 0.293. The molecule has 1 saturated heterocycles. The maximum Gasteiger partial charge on any atom is 0.217 e. The lowest BCUT2D eigenvalue weighted by Gasteiger charge is -2.43. The quantitative estimate of drug-likeness (QED) is 0.374. The van der Waals surface area contributed by atoms with Crippen molar-refractivity contribution < 1.29 is 0 Å². The molecular weight excluding hydrogens is 374 g/mol. The lowest BCUT2D eigenvalue weighted by atomic mass is 10.1. The minimum atomic E-state index is 0.158. The maximum atomic E-state index is 9.33. The Balaban J connectivity index is 1.55. The van der Waals surface area contributed by atoms with E-state index >= 15 is 0 Å². The van der Waals surface area contributed by atoms with Gasteiger partial charge in [-0.2, -0.15) is 5.26 Å². The summed E-state index contributed by atoms with van der Waals surface area (Å²) in [6.07, 6.45) is 3.83. The molecule has 0 spiro atoms. The first-order chi connectivity index (χ1) is 14.6. The molecule has 3 aromatic rings. The van der Waals surface area contributed by atoms with Crippen LogP contribution in [0.2, 0.25) is 0 Å². The van der Waals surface area contributed by atoms with Gasteiger partial charge in [0.2, 0.25) is 12.2 Å². The van der Waals surface area contributed by atoms with E-state index in [1.807, 2.05) is 66.8 Å². The summed E-state index contributed by atoms with van der Waals surface area (Å²) in [7, 11) is 1.96. The van der Waals surface area contributed by atoms with Gasteiger partial charge in [-0.25, -0.2) is 4.98 Å². The molecule has 1 aromatic heterocycles. The number of aryl methyl sites for hydroxylation is 1. The van der Waals surface area contributed by atoms with Crippen molar-refractivity contribution in [2.75, 3.05) is 36.5 Å². The van der Waals surface area contributed by atoms with Crippen LogP contribution in [0.1, 0.15) is 12.5 Å². The van der Waals surface area contributed by atoms with Crippen LogP contribution in [0.4, 0.5) is 11.5 Å². The molecule has 0 aliphatic carbocycles. The number of para-hydroxylation sites is 3. The molecule has 7 heteroatoms. The minimum Gasteiger partial charge on any atom is -0.351 e. The maximum absolute atomic E-state index is 9.33. The molecule has 1 fully saturated rings. The van der Waals surface area contributed by atoms with Crippen LogP contribution < -0.4 is 9.80 Å². The molecule has 0 amide bonds. The van der Waals surface area contributed by atoms with Gasteiger partial charge in [-0.05, 0) is 37.6 Å². The number of piperazine rings is 1. The van der Waals surface area contributed by atoms with E-state index in [2.05, 4.69) is 39.7 Å². The van der Waals surface area contributed by atoms with Crippen molar-refractivity contribution in [3.8, 4) is 6.19 Å². The molecule has 4 rings (SSSR count). The molecule has 0 saturated carbocycles. The first-order valence-corrected chi connectivity index (χ1v) is 10.1. The molecule has 1 atom stereocenters. The predicted molar refractivity (Wildman–Crippen MR) is 121 cm³/mol. The number of fused-ring (bicyclic) bond motifs is 1. The molecule has 0 bridgehead atoms. The number of guanidine groups is 1. The zero-order valence-corrected chi connectivity index (χ0v) is 17.5. The van der Waals surface area contributed by atoms with Gasteiger partial charge in [-0.3, -0.25) is 4.98 Å². The number of nitrogens with zero attached hydrogens (tertiary/aromatic N) is 7. The van der Waals surface area contributed by atoms with Gasteiger partial charge in [0.05, 0.1) is 17.2 Å². The summed E-state index contributed by atoms with van der Waals surface area (Å²) in [4.78, 5) is 20.0. The highest BCUT2D eigenvalue weighted by atomic mass is 15.4. The molecule has 1 unspecified atom stereocenters. The zero-order chi connectivity index (χ0) is 21.1. The SMILES string of the molecule is Cc1ccccc1N(C)/C(=N/C#N)N1CCN(c2cnc3ccccc3n2)CC1C. The third kappa shape index (κ3) is 3.77. The Morgan fingerprint density at radius 2 is 1.87 bits per heavy atom. The average Bonchev–Trinajstić information content (AvgIpc) is 2.77. The Bertz CT molecular complexity index is 1120. The van der Waals surface area contributed by atoms with Crippen molar-refractivity contribution in [1.82, 2.24) is 14.9 Å². The topological polar surface area (TPSA) is 71.7 Å². The monoisotopic (exact) mass is 399 g/mol. The second-order valence-electron chi connectivity index (χ2n) is 7.56. The molecule has 0 radical (unpaired) electrons. The molecule has 30 heavy (non-hydrogen) atoms. The van der Waals surface area contributed by atoms with Crippen LogP contribution in [0.15, 0.2) is 59.7 Å². The Morgan fingerprint density at radius 3 is 2.60 bits per heavy atom. The first kappa shape index (κ1) is 19.6. The Kier molecular flexibility index (Phi) is 5.48. The van der Waals surface area contributed by atoms with Gasteiger partial charge in [0, 0.05) is 38.4 Å². The first-order valence-electron chi connectivity index (χ1n) is 10.1. The summed E-state index contributed by atoms with van der Waals surface area (Å²) in [5.41, 5.74) is 3.98. The van der Waals surface area contributed by atoms with Crippen LogP contribution in [0, 0.1) is 18.4 Å². The molecule has 7 nitrogen and oxygen atoms in total. The summed E-state index contributed by atoms with van der Waals surface area (Å²) < 4.78 is 0. The van der Waals surface area contributed by atoms with Crippen LogP contribution in [-0.4, -0.2) is 53.6 Å². The van der Waals surface area contributed by atoms with Crippen molar-refractivity contribution in [2.24, 2.45) is 4.99 Å². The molecule has 0 N–H and O–H groups in total. The summed E-state index contributed by atoms with van der Waals surface area (Å²) >= 11 is 0. The van der Waals surface area contributed by atoms with E-state index in [1.165, 1.54) is 0 Å². The van der Waals surface area contributed by atoms with Gasteiger partial charge in [0.15, 0.2) is 0 Å². The van der Waals surface area contributed by atoms with Gasteiger partial charge in [0.25, 0.3) is 0 Å². The molecular formula is C23H25N7. The number of nitriles is 1. The Hall–Kier alpha value is -3.66. The van der Waals surface area contributed by atoms with Gasteiger partial charge in [-0.1, -0.05) is 30.3 Å². The fraction of sp³-hybridized carbons (Fsp3) is 0.304. The van der Waals surface area contributed by atoms with Crippen LogP contribution in [0.3, 0.4) is 0 Å². The second-order valence-corrected chi connectivity index (χ2v) is 7.56. The van der Waals surface area contributed by atoms with Crippen LogP contribution in [-0.2, 0) is 0 Å². The summed E-state index contributed by atoms with van der Waals surface area (Å²) in [5.74, 6) is 1.55. The molecule has 1 aliphatic heterocycles. The van der Waals surface area contributed by atoms with E-state index in [9.17, 15) is 5.26 Å². The van der Waals surface area contributed by atoms with Gasteiger partial charge in [0.1, 0.15) is 5.82 Å². The van der Waals surface area contributed by atoms with Crippen LogP contribution in [0.5, 0.6) is 0 Å². The highest BCUT2D eigenvalue weighted by Crippen LogP contribution is 2.23. The number of aromatic nitrogens is 2. The fourth-order valence-electron chi connectivity index (χ4n) is 3.99. The highest BCUT2D eigenvalue weighted by Gasteiger charge is 2.29. The molecule has 152 valence electrons. The molecule has 1 aliphatic rings. The van der Waals surface area contributed by atoms with Crippen molar-refractivity contribution >= 4 is 28.5 Å². The normalized spacial score (nSPS) is 17.1. The third-order valence-corrected chi connectivity index (χ3v) is 5.57. The molecule has 2 heterocycles. The number of benzene rings is 2. The predicted octanol–water partition coefficient (Wildman–Crippen LogP) is 3.42. The summed E-state index contributed by atoms with van der Waals surface area (Å²) in [5, 5.41) is 9.33. The average molecular weight is 400 g/mol. The van der Waals surface area contributed by atoms with Crippen LogP contribution >= 0.6 is 0 Å². The van der Waals surface area contributed by atoms with Crippen LogP contribution in [0.25, 0.3) is 11.0 Å². The number of rotatable bonds is 2. The lowest BCUT2D eigenvalue weighted by Crippen LogP contribution is -2.57. The Morgan fingerprint density at radius 1 is 1.13 bits per heavy atom. The highest BCUT2D eigenvalue weighted by molar-refractivity contribution is 5.97. The summed E-state index contributed by atoms with van der Waals surface area (Å²) in [6.45, 7) is 6.52. The van der Waals surface area contributed by atoms with Crippen molar-refractivity contribution in [2.45, 2.75) is 19.9 Å². The van der Waals surface area contributed by atoms with E-state index in [-0.39, 0.29) is 6.04 Å². The smallest absolute Gasteiger partial charge is 0.217 e. The van der Waals surface area contributed by atoms with Gasteiger partial charge >= 0.3 is 0 Å². The van der Waals surface area contributed by atoms with Crippen molar-refractivity contribution in [3.05, 3.63) is 60.3 Å². The Labute approximate surface area is 176 Å². The standard InChI is InChI=1S/C23H25N7/c1-17-8-4-7-11-21(17)28(3)23(26-16-24)30-13-12-29(15-18(30)2)22-14-25-19-9-5-6-10-20(19)27-22/h4-11,14,18H,12-13,15H2,1-3H3/b26-23-. The zero-order valence-electron chi connectivity index (χ0n) is 17.5. The minimum absolute atomic E-state index is 0.158. The fourth-order valence-corrected chi connectivity index (χ4v) is 3.99. The van der Waals surface area contributed by atoms with Crippen molar-refractivity contribution in [3.63, 3.8) is 0 Å². The van der Waals surface area contributed by atoms with E-state index in [4.69, 9.17) is 4.98 Å². The van der Waals surface area contributed by atoms with E-state index in [0.29, 0.717) is 5.96 Å². The van der Waals surface area contributed by atoms with E-state index in [0.717, 1.165) is 47.7 Å². The number of aliphatic imine (C=N–C) groups is 1.